The number of aliphatic hydroxyl groups excluding tert-OH is 1. The Labute approximate surface area is 87.8 Å². The van der Waals surface area contributed by atoms with Gasteiger partial charge in [-0.3, -0.25) is 0 Å². The van der Waals surface area contributed by atoms with Gasteiger partial charge in [0.05, 0.1) is 6.61 Å². The molecule has 80 valence electrons. The van der Waals surface area contributed by atoms with Crippen molar-refractivity contribution >= 4 is 11.5 Å². The number of hydrogen-bond acceptors (Lipinski definition) is 4. The van der Waals surface area contributed by atoms with Gasteiger partial charge in [-0.1, -0.05) is 0 Å². The van der Waals surface area contributed by atoms with Crippen LogP contribution in [0.3, 0.4) is 0 Å². The van der Waals surface area contributed by atoms with E-state index < -0.39 is 0 Å². The third kappa shape index (κ3) is 1.92. The van der Waals surface area contributed by atoms with Crippen LogP contribution in [0.15, 0.2) is 18.5 Å². The monoisotopic (exact) mass is 206 g/mol. The van der Waals surface area contributed by atoms with Crippen LogP contribution in [0.1, 0.15) is 12.5 Å². The zero-order chi connectivity index (χ0) is 10.8. The van der Waals surface area contributed by atoms with Crippen LogP contribution in [-0.2, 0) is 0 Å². The highest BCUT2D eigenvalue weighted by atomic mass is 16.3. The number of aryl methyl sites for hydroxylation is 1. The summed E-state index contributed by atoms with van der Waals surface area (Å²) in [6, 6.07) is 3.94. The van der Waals surface area contributed by atoms with Crippen molar-refractivity contribution in [2.24, 2.45) is 0 Å². The summed E-state index contributed by atoms with van der Waals surface area (Å²) >= 11 is 0. The first-order valence-electron chi connectivity index (χ1n) is 4.88. The van der Waals surface area contributed by atoms with E-state index in [1.165, 1.54) is 6.33 Å². The summed E-state index contributed by atoms with van der Waals surface area (Å²) in [5.41, 5.74) is 1.92. The fourth-order valence-corrected chi connectivity index (χ4v) is 1.46. The van der Waals surface area contributed by atoms with Crippen LogP contribution in [0.2, 0.25) is 0 Å². The highest BCUT2D eigenvalue weighted by Gasteiger charge is 2.06. The van der Waals surface area contributed by atoms with E-state index in [2.05, 4.69) is 15.4 Å². The average molecular weight is 206 g/mol. The highest BCUT2D eigenvalue weighted by Crippen LogP contribution is 2.13. The van der Waals surface area contributed by atoms with Gasteiger partial charge in [-0.2, -0.15) is 9.61 Å². The van der Waals surface area contributed by atoms with E-state index in [0.29, 0.717) is 0 Å². The summed E-state index contributed by atoms with van der Waals surface area (Å²) in [7, 11) is 0. The first-order chi connectivity index (χ1) is 7.20. The molecule has 0 aliphatic rings. The Morgan fingerprint density at radius 1 is 1.53 bits per heavy atom. The molecule has 5 nitrogen and oxygen atoms in total. The molecule has 0 aliphatic heterocycles. The largest absolute Gasteiger partial charge is 0.394 e. The SMILES string of the molecule is Cc1cc(NC(C)CO)n2ncnc2c1. The van der Waals surface area contributed by atoms with E-state index >= 15 is 0 Å². The number of aliphatic hydroxyl groups is 1. The van der Waals surface area contributed by atoms with Gasteiger partial charge < -0.3 is 10.4 Å². The fourth-order valence-electron chi connectivity index (χ4n) is 1.46. The molecule has 0 aromatic carbocycles. The lowest BCUT2D eigenvalue weighted by atomic mass is 10.2. The van der Waals surface area contributed by atoms with Crippen molar-refractivity contribution in [3.05, 3.63) is 24.0 Å². The van der Waals surface area contributed by atoms with Crippen LogP contribution in [0.4, 0.5) is 5.82 Å². The molecule has 2 aromatic heterocycles. The molecule has 5 heteroatoms. The third-order valence-electron chi connectivity index (χ3n) is 2.19. The molecule has 0 saturated carbocycles. The number of fused-ring (bicyclic) bond motifs is 1. The summed E-state index contributed by atoms with van der Waals surface area (Å²) < 4.78 is 1.72. The molecule has 2 N–H and O–H groups in total. The van der Waals surface area contributed by atoms with Crippen LogP contribution in [-0.4, -0.2) is 32.4 Å². The molecule has 2 aromatic rings. The summed E-state index contributed by atoms with van der Waals surface area (Å²) in [5.74, 6) is 0.851. The molecule has 0 bridgehead atoms. The minimum Gasteiger partial charge on any atom is -0.394 e. The molecule has 2 heterocycles. The molecular weight excluding hydrogens is 192 g/mol. The first kappa shape index (κ1) is 9.92. The maximum absolute atomic E-state index is 8.98. The number of nitrogens with zero attached hydrogens (tertiary/aromatic N) is 3. The predicted molar refractivity (Wildman–Crippen MR) is 57.9 cm³/mol. The molecule has 0 saturated heterocycles. The van der Waals surface area contributed by atoms with Crippen LogP contribution in [0.5, 0.6) is 0 Å². The van der Waals surface area contributed by atoms with Crippen LogP contribution in [0, 0.1) is 6.92 Å². The molecule has 15 heavy (non-hydrogen) atoms. The van der Waals surface area contributed by atoms with Crippen molar-refractivity contribution in [1.29, 1.82) is 0 Å². The Morgan fingerprint density at radius 2 is 2.33 bits per heavy atom. The van der Waals surface area contributed by atoms with Gasteiger partial charge in [0, 0.05) is 6.04 Å². The summed E-state index contributed by atoms with van der Waals surface area (Å²) in [4.78, 5) is 4.12. The molecule has 0 amide bonds. The standard InChI is InChI=1S/C10H14N4O/c1-7-3-9-11-6-12-14(9)10(4-7)13-8(2)5-15/h3-4,6,8,13,15H,5H2,1-2H3. The molecule has 1 unspecified atom stereocenters. The first-order valence-corrected chi connectivity index (χ1v) is 4.88. The summed E-state index contributed by atoms with van der Waals surface area (Å²) in [5, 5.41) is 16.3. The van der Waals surface area contributed by atoms with E-state index in [1.807, 2.05) is 26.0 Å². The van der Waals surface area contributed by atoms with Crippen molar-refractivity contribution in [2.45, 2.75) is 19.9 Å². The van der Waals surface area contributed by atoms with E-state index in [4.69, 9.17) is 5.11 Å². The quantitative estimate of drug-likeness (QED) is 0.780. The zero-order valence-corrected chi connectivity index (χ0v) is 8.81. The second-order valence-corrected chi connectivity index (χ2v) is 3.68. The number of aromatic nitrogens is 3. The van der Waals surface area contributed by atoms with Crippen LogP contribution < -0.4 is 5.32 Å². The second-order valence-electron chi connectivity index (χ2n) is 3.68. The Morgan fingerprint density at radius 3 is 3.07 bits per heavy atom. The predicted octanol–water partition coefficient (Wildman–Crippen LogP) is 0.830. The maximum atomic E-state index is 8.98. The lowest BCUT2D eigenvalue weighted by Crippen LogP contribution is -2.21. The third-order valence-corrected chi connectivity index (χ3v) is 2.19. The Balaban J connectivity index is 2.44. The van der Waals surface area contributed by atoms with Gasteiger partial charge in [0.2, 0.25) is 0 Å². The zero-order valence-electron chi connectivity index (χ0n) is 8.81. The Bertz CT molecular complexity index is 465. The highest BCUT2D eigenvalue weighted by molar-refractivity contribution is 5.51. The summed E-state index contributed by atoms with van der Waals surface area (Å²) in [6.45, 7) is 4.00. The van der Waals surface area contributed by atoms with Crippen LogP contribution >= 0.6 is 0 Å². The molecular formula is C10H14N4O. The number of pyridine rings is 1. The minimum absolute atomic E-state index is 0.000741. The molecule has 0 fully saturated rings. The number of anilines is 1. The van der Waals surface area contributed by atoms with Gasteiger partial charge >= 0.3 is 0 Å². The molecule has 2 rings (SSSR count). The lowest BCUT2D eigenvalue weighted by molar-refractivity contribution is 0.281. The van der Waals surface area contributed by atoms with Gasteiger partial charge in [0.15, 0.2) is 5.65 Å². The molecule has 0 radical (unpaired) electrons. The Kier molecular flexibility index (Phi) is 2.55. The van der Waals surface area contributed by atoms with Gasteiger partial charge in [0.25, 0.3) is 0 Å². The number of rotatable bonds is 3. The molecule has 1 atom stereocenters. The van der Waals surface area contributed by atoms with Crippen molar-refractivity contribution < 1.29 is 5.11 Å². The molecule has 0 aliphatic carbocycles. The van der Waals surface area contributed by atoms with E-state index in [0.717, 1.165) is 17.0 Å². The molecule has 0 spiro atoms. The van der Waals surface area contributed by atoms with E-state index in [-0.39, 0.29) is 12.6 Å². The lowest BCUT2D eigenvalue weighted by Gasteiger charge is -2.13. The van der Waals surface area contributed by atoms with Crippen LogP contribution in [0.25, 0.3) is 5.65 Å². The average Bonchev–Trinajstić information content (AvgIpc) is 2.65. The van der Waals surface area contributed by atoms with Gasteiger partial charge in [-0.25, -0.2) is 4.98 Å². The topological polar surface area (TPSA) is 62.5 Å². The normalized spacial score (nSPS) is 13.0. The fraction of sp³-hybridized carbons (Fsp3) is 0.400. The van der Waals surface area contributed by atoms with Crippen molar-refractivity contribution in [3.8, 4) is 0 Å². The van der Waals surface area contributed by atoms with E-state index in [1.54, 1.807) is 4.52 Å². The number of nitrogens with one attached hydrogen (secondary N) is 1. The minimum atomic E-state index is -0.000741. The Hall–Kier alpha value is -1.62. The maximum Gasteiger partial charge on any atom is 0.157 e. The van der Waals surface area contributed by atoms with Gasteiger partial charge in [-0.05, 0) is 31.5 Å². The van der Waals surface area contributed by atoms with Crippen molar-refractivity contribution in [3.63, 3.8) is 0 Å². The van der Waals surface area contributed by atoms with Crippen molar-refractivity contribution in [1.82, 2.24) is 14.6 Å². The van der Waals surface area contributed by atoms with E-state index in [9.17, 15) is 0 Å². The number of hydrogen-bond donors (Lipinski definition) is 2. The van der Waals surface area contributed by atoms with Gasteiger partial charge in [-0.15, -0.1) is 0 Å². The second kappa shape index (κ2) is 3.86. The smallest absolute Gasteiger partial charge is 0.157 e. The van der Waals surface area contributed by atoms with Gasteiger partial charge in [0.1, 0.15) is 12.1 Å². The summed E-state index contributed by atoms with van der Waals surface area (Å²) in [6.07, 6.45) is 1.52. The van der Waals surface area contributed by atoms with Crippen molar-refractivity contribution in [2.75, 3.05) is 11.9 Å².